The van der Waals surface area contributed by atoms with Crippen molar-refractivity contribution in [2.75, 3.05) is 19.8 Å². The molecule has 0 aromatic heterocycles. The van der Waals surface area contributed by atoms with Crippen molar-refractivity contribution in [3.8, 4) is 0 Å². The standard InChI is InChI=1S/C49H84O10/c1-3-5-7-9-11-13-15-17-19-21-23-25-27-29-31-33-35-37-44(51)56-40-42(41-57-49-48(55)47(54)46(53)43(39-50)59-49)58-45(52)38-36-34-32-30-28-26-24-22-20-18-16-14-12-10-8-6-4-2/h11,13,17-20,23,25,29,31,42-43,46-50,53-55H,3-10,12,14-16,21-22,24,26-28,30,32-41H2,1-2H3/b13-11+,19-17+,20-18+,25-23+,31-29+/t42-,43-,46+,47?,48?,49-/m0/s1. The Labute approximate surface area is 358 Å². The molecule has 340 valence electrons. The summed E-state index contributed by atoms with van der Waals surface area (Å²) in [5.41, 5.74) is 0. The van der Waals surface area contributed by atoms with E-state index in [9.17, 15) is 30.0 Å². The number of carbonyl (C=O) groups is 2. The molecule has 0 aliphatic carbocycles. The SMILES string of the molecule is CCCCC/C=C/C/C=C/C/C=C/C/C=C/CCCC(=O)OC[C@@H](CO[C@H]1O[C@@H](CO)[C@@H](O)C(O)C1O)OC(=O)CCCCCCCCC/C=C/CCCCCCCC. The normalized spacial score (nSPS) is 20.5. The topological polar surface area (TPSA) is 152 Å². The lowest BCUT2D eigenvalue weighted by molar-refractivity contribution is -0.305. The highest BCUT2D eigenvalue weighted by molar-refractivity contribution is 5.70. The van der Waals surface area contributed by atoms with E-state index >= 15 is 0 Å². The molecule has 1 aliphatic heterocycles. The molecule has 1 rings (SSSR count). The maximum absolute atomic E-state index is 12.8. The average molecular weight is 833 g/mol. The summed E-state index contributed by atoms with van der Waals surface area (Å²) in [7, 11) is 0. The van der Waals surface area contributed by atoms with Crippen LogP contribution < -0.4 is 0 Å². The number of esters is 2. The molecule has 0 aromatic carbocycles. The van der Waals surface area contributed by atoms with Crippen molar-refractivity contribution < 1.29 is 49.0 Å². The van der Waals surface area contributed by atoms with Gasteiger partial charge in [-0.05, 0) is 77.0 Å². The van der Waals surface area contributed by atoms with E-state index in [2.05, 4.69) is 68.5 Å². The largest absolute Gasteiger partial charge is 0.462 e. The molecule has 0 aromatic rings. The number of carbonyl (C=O) groups excluding carboxylic acids is 2. The van der Waals surface area contributed by atoms with Gasteiger partial charge in [0.1, 0.15) is 31.0 Å². The molecule has 0 radical (unpaired) electrons. The van der Waals surface area contributed by atoms with Gasteiger partial charge in [0.25, 0.3) is 0 Å². The lowest BCUT2D eigenvalue weighted by Crippen LogP contribution is -2.59. The Morgan fingerprint density at radius 1 is 0.525 bits per heavy atom. The number of hydrogen-bond donors (Lipinski definition) is 4. The van der Waals surface area contributed by atoms with E-state index in [1.165, 1.54) is 83.5 Å². The number of unbranched alkanes of at least 4 members (excludes halogenated alkanes) is 17. The maximum atomic E-state index is 12.8. The first kappa shape index (κ1) is 54.4. The Balaban J connectivity index is 2.36. The average Bonchev–Trinajstić information content (AvgIpc) is 3.23. The second kappa shape index (κ2) is 39.5. The fraction of sp³-hybridized carbons (Fsp3) is 0.755. The van der Waals surface area contributed by atoms with Gasteiger partial charge in [-0.25, -0.2) is 0 Å². The van der Waals surface area contributed by atoms with Crippen LogP contribution in [0.4, 0.5) is 0 Å². The highest BCUT2D eigenvalue weighted by Crippen LogP contribution is 2.22. The summed E-state index contributed by atoms with van der Waals surface area (Å²) >= 11 is 0. The quantitative estimate of drug-likeness (QED) is 0.0269. The minimum absolute atomic E-state index is 0.197. The van der Waals surface area contributed by atoms with Gasteiger partial charge < -0.3 is 39.4 Å². The first-order valence-electron chi connectivity index (χ1n) is 23.4. The van der Waals surface area contributed by atoms with Crippen LogP contribution in [0.1, 0.15) is 181 Å². The molecule has 0 spiro atoms. The molecule has 1 fully saturated rings. The van der Waals surface area contributed by atoms with Crippen LogP contribution in [0.2, 0.25) is 0 Å². The Hall–Kier alpha value is -2.60. The zero-order valence-corrected chi connectivity index (χ0v) is 37.0. The third kappa shape index (κ3) is 31.0. The van der Waals surface area contributed by atoms with Gasteiger partial charge in [-0.1, -0.05) is 152 Å². The highest BCUT2D eigenvalue weighted by Gasteiger charge is 2.44. The second-order valence-electron chi connectivity index (χ2n) is 15.8. The summed E-state index contributed by atoms with van der Waals surface area (Å²) in [4.78, 5) is 25.3. The molecule has 59 heavy (non-hydrogen) atoms. The van der Waals surface area contributed by atoms with Crippen molar-refractivity contribution in [1.82, 2.24) is 0 Å². The Bertz CT molecular complexity index is 1150. The van der Waals surface area contributed by atoms with Crippen LogP contribution in [0.15, 0.2) is 60.8 Å². The Morgan fingerprint density at radius 2 is 0.966 bits per heavy atom. The molecule has 2 unspecified atom stereocenters. The van der Waals surface area contributed by atoms with Gasteiger partial charge >= 0.3 is 11.9 Å². The molecule has 0 bridgehead atoms. The molecule has 1 saturated heterocycles. The minimum atomic E-state index is -1.61. The number of allylic oxidation sites excluding steroid dienone is 10. The van der Waals surface area contributed by atoms with Crippen molar-refractivity contribution in [2.45, 2.75) is 218 Å². The number of rotatable bonds is 38. The Morgan fingerprint density at radius 3 is 1.53 bits per heavy atom. The van der Waals surface area contributed by atoms with Crippen molar-refractivity contribution in [1.29, 1.82) is 0 Å². The second-order valence-corrected chi connectivity index (χ2v) is 15.8. The van der Waals surface area contributed by atoms with Gasteiger partial charge in [0.2, 0.25) is 0 Å². The van der Waals surface area contributed by atoms with Crippen LogP contribution in [-0.2, 0) is 28.5 Å². The number of aliphatic hydroxyl groups is 4. The van der Waals surface area contributed by atoms with Crippen LogP contribution in [0.5, 0.6) is 0 Å². The highest BCUT2D eigenvalue weighted by atomic mass is 16.7. The third-order valence-corrected chi connectivity index (χ3v) is 10.4. The molecule has 10 heteroatoms. The molecule has 1 heterocycles. The first-order valence-corrected chi connectivity index (χ1v) is 23.4. The minimum Gasteiger partial charge on any atom is -0.462 e. The molecule has 1 aliphatic rings. The molecule has 6 atom stereocenters. The van der Waals surface area contributed by atoms with Crippen molar-refractivity contribution in [3.63, 3.8) is 0 Å². The summed E-state index contributed by atoms with van der Waals surface area (Å²) in [5.74, 6) is -0.879. The van der Waals surface area contributed by atoms with E-state index in [1.54, 1.807) is 0 Å². The van der Waals surface area contributed by atoms with Crippen molar-refractivity contribution in [2.24, 2.45) is 0 Å². The van der Waals surface area contributed by atoms with E-state index in [0.29, 0.717) is 12.8 Å². The first-order chi connectivity index (χ1) is 28.8. The van der Waals surface area contributed by atoms with Gasteiger partial charge in [-0.3, -0.25) is 9.59 Å². The van der Waals surface area contributed by atoms with Gasteiger partial charge in [-0.2, -0.15) is 0 Å². The molecular weight excluding hydrogens is 749 g/mol. The predicted octanol–water partition coefficient (Wildman–Crippen LogP) is 10.2. The van der Waals surface area contributed by atoms with Crippen LogP contribution in [0, 0.1) is 0 Å². The monoisotopic (exact) mass is 833 g/mol. The van der Waals surface area contributed by atoms with Gasteiger partial charge in [-0.15, -0.1) is 0 Å². The molecule has 10 nitrogen and oxygen atoms in total. The van der Waals surface area contributed by atoms with E-state index in [1.807, 2.05) is 6.08 Å². The third-order valence-electron chi connectivity index (χ3n) is 10.4. The van der Waals surface area contributed by atoms with Crippen LogP contribution in [-0.4, -0.2) is 89.0 Å². The number of aliphatic hydroxyl groups excluding tert-OH is 4. The predicted molar refractivity (Wildman–Crippen MR) is 238 cm³/mol. The molecule has 4 N–H and O–H groups in total. The zero-order valence-electron chi connectivity index (χ0n) is 37.0. The van der Waals surface area contributed by atoms with E-state index in [4.69, 9.17) is 18.9 Å². The number of ether oxygens (including phenoxy) is 4. The van der Waals surface area contributed by atoms with Crippen molar-refractivity contribution in [3.05, 3.63) is 60.8 Å². The Kier molecular flexibility index (Phi) is 36.5. The van der Waals surface area contributed by atoms with Crippen LogP contribution >= 0.6 is 0 Å². The van der Waals surface area contributed by atoms with Gasteiger partial charge in [0, 0.05) is 12.8 Å². The zero-order chi connectivity index (χ0) is 43.0. The fourth-order valence-corrected chi connectivity index (χ4v) is 6.65. The van der Waals surface area contributed by atoms with Crippen molar-refractivity contribution >= 4 is 11.9 Å². The number of hydrogen-bond acceptors (Lipinski definition) is 10. The molecular formula is C49H84O10. The smallest absolute Gasteiger partial charge is 0.306 e. The molecule has 0 amide bonds. The van der Waals surface area contributed by atoms with Gasteiger partial charge in [0.15, 0.2) is 12.4 Å². The summed E-state index contributed by atoms with van der Waals surface area (Å²) in [6, 6.07) is 0. The summed E-state index contributed by atoms with van der Waals surface area (Å²) in [5, 5.41) is 40.1. The van der Waals surface area contributed by atoms with Gasteiger partial charge in [0.05, 0.1) is 13.2 Å². The summed E-state index contributed by atoms with van der Waals surface area (Å²) < 4.78 is 22.1. The summed E-state index contributed by atoms with van der Waals surface area (Å²) in [6.45, 7) is 3.33. The lowest BCUT2D eigenvalue weighted by Gasteiger charge is -2.39. The van der Waals surface area contributed by atoms with E-state index in [0.717, 1.165) is 57.8 Å². The van der Waals surface area contributed by atoms with E-state index in [-0.39, 0.29) is 26.1 Å². The van der Waals surface area contributed by atoms with E-state index < -0.39 is 55.4 Å². The fourth-order valence-electron chi connectivity index (χ4n) is 6.65. The maximum Gasteiger partial charge on any atom is 0.306 e. The lowest BCUT2D eigenvalue weighted by atomic mass is 9.99. The molecule has 0 saturated carbocycles. The summed E-state index contributed by atoms with van der Waals surface area (Å²) in [6.07, 6.45) is 40.8. The van der Waals surface area contributed by atoms with Crippen LogP contribution in [0.25, 0.3) is 0 Å². The van der Waals surface area contributed by atoms with Crippen LogP contribution in [0.3, 0.4) is 0 Å².